The van der Waals surface area contributed by atoms with Crippen LogP contribution in [0.3, 0.4) is 0 Å². The second-order valence-electron chi connectivity index (χ2n) is 8.78. The van der Waals surface area contributed by atoms with Crippen molar-refractivity contribution >= 4 is 16.9 Å². The molecule has 0 spiro atoms. The van der Waals surface area contributed by atoms with Gasteiger partial charge in [-0.25, -0.2) is 4.98 Å². The van der Waals surface area contributed by atoms with Gasteiger partial charge in [0.1, 0.15) is 5.82 Å². The van der Waals surface area contributed by atoms with Crippen LogP contribution in [0.15, 0.2) is 24.3 Å². The molecule has 4 aliphatic rings. The minimum Gasteiger partial charge on any atom is -0.355 e. The molecule has 0 atom stereocenters. The van der Waals surface area contributed by atoms with Gasteiger partial charge in [0.25, 0.3) is 0 Å². The third kappa shape index (κ3) is 2.49. The molecular formula is C21H27N3O. The van der Waals surface area contributed by atoms with Crippen LogP contribution in [0.5, 0.6) is 0 Å². The van der Waals surface area contributed by atoms with Gasteiger partial charge in [0.15, 0.2) is 0 Å². The molecule has 4 nitrogen and oxygen atoms in total. The molecule has 2 aromatic rings. The number of para-hydroxylation sites is 2. The molecule has 4 saturated carbocycles. The molecule has 4 fully saturated rings. The maximum atomic E-state index is 13.0. The summed E-state index contributed by atoms with van der Waals surface area (Å²) in [6.45, 7) is 0.692. The summed E-state index contributed by atoms with van der Waals surface area (Å²) in [5.41, 5.74) is 2.15. The molecule has 1 aromatic heterocycles. The molecular weight excluding hydrogens is 310 g/mol. The number of nitrogens with one attached hydrogen (secondary N) is 1. The standard InChI is InChI=1S/C21H27N3O/c1-24-18-5-3-2-4-17(18)23-19(24)6-7-22-20(25)21-11-14-8-15(12-21)10-16(9-14)13-21/h2-5,14-16H,6-13H2,1H3,(H,22,25). The minimum atomic E-state index is -0.0406. The molecule has 0 aliphatic heterocycles. The van der Waals surface area contributed by atoms with Gasteiger partial charge in [-0.05, 0) is 68.4 Å². The number of imidazole rings is 1. The first-order valence-corrected chi connectivity index (χ1v) is 9.82. The van der Waals surface area contributed by atoms with E-state index in [0.29, 0.717) is 12.5 Å². The van der Waals surface area contributed by atoms with Gasteiger partial charge < -0.3 is 9.88 Å². The zero-order valence-corrected chi connectivity index (χ0v) is 15.0. The Bertz CT molecular complexity index is 786. The zero-order chi connectivity index (χ0) is 17.0. The molecule has 0 saturated heterocycles. The Morgan fingerprint density at radius 1 is 1.16 bits per heavy atom. The molecule has 4 bridgehead atoms. The molecule has 4 aliphatic carbocycles. The molecule has 6 rings (SSSR count). The molecule has 25 heavy (non-hydrogen) atoms. The molecule has 1 aromatic carbocycles. The second kappa shape index (κ2) is 5.58. The van der Waals surface area contributed by atoms with Crippen LogP contribution >= 0.6 is 0 Å². The molecule has 1 heterocycles. The fourth-order valence-electron chi connectivity index (χ4n) is 6.28. The molecule has 1 N–H and O–H groups in total. The van der Waals surface area contributed by atoms with Gasteiger partial charge in [-0.15, -0.1) is 0 Å². The maximum Gasteiger partial charge on any atom is 0.226 e. The van der Waals surface area contributed by atoms with Crippen LogP contribution < -0.4 is 5.32 Å². The van der Waals surface area contributed by atoms with Crippen molar-refractivity contribution in [2.24, 2.45) is 30.2 Å². The number of rotatable bonds is 4. The topological polar surface area (TPSA) is 46.9 Å². The average molecular weight is 337 g/mol. The number of carbonyl (C=O) groups excluding carboxylic acids is 1. The quantitative estimate of drug-likeness (QED) is 0.929. The lowest BCUT2D eigenvalue weighted by atomic mass is 9.49. The number of aromatic nitrogens is 2. The Morgan fingerprint density at radius 2 is 1.80 bits per heavy atom. The summed E-state index contributed by atoms with van der Waals surface area (Å²) in [6.07, 6.45) is 8.35. The van der Waals surface area contributed by atoms with Gasteiger partial charge in [-0.3, -0.25) is 4.79 Å². The molecule has 0 unspecified atom stereocenters. The first kappa shape index (κ1) is 15.4. The fourth-order valence-corrected chi connectivity index (χ4v) is 6.28. The maximum absolute atomic E-state index is 13.0. The number of benzene rings is 1. The number of fused-ring (bicyclic) bond motifs is 1. The van der Waals surface area contributed by atoms with E-state index in [1.807, 2.05) is 18.2 Å². The number of aryl methyl sites for hydroxylation is 1. The zero-order valence-electron chi connectivity index (χ0n) is 15.0. The Labute approximate surface area is 149 Å². The van der Waals surface area contributed by atoms with Crippen LogP contribution in [0, 0.1) is 23.2 Å². The smallest absolute Gasteiger partial charge is 0.226 e. The van der Waals surface area contributed by atoms with E-state index in [1.54, 1.807) is 0 Å². The van der Waals surface area contributed by atoms with E-state index in [4.69, 9.17) is 4.98 Å². The van der Waals surface area contributed by atoms with Crippen LogP contribution in [0.4, 0.5) is 0 Å². The first-order valence-electron chi connectivity index (χ1n) is 9.82. The highest BCUT2D eigenvalue weighted by atomic mass is 16.2. The number of hydrogen-bond donors (Lipinski definition) is 1. The van der Waals surface area contributed by atoms with Gasteiger partial charge >= 0.3 is 0 Å². The summed E-state index contributed by atoms with van der Waals surface area (Å²) in [5, 5.41) is 3.27. The van der Waals surface area contributed by atoms with Crippen LogP contribution in [0.1, 0.15) is 44.3 Å². The van der Waals surface area contributed by atoms with Gasteiger partial charge in [-0.2, -0.15) is 0 Å². The highest BCUT2D eigenvalue weighted by Crippen LogP contribution is 2.60. The number of nitrogens with zero attached hydrogens (tertiary/aromatic N) is 2. The van der Waals surface area contributed by atoms with Crippen LogP contribution in [0.2, 0.25) is 0 Å². The Balaban J connectivity index is 1.25. The van der Waals surface area contributed by atoms with Crippen molar-refractivity contribution < 1.29 is 4.79 Å². The van der Waals surface area contributed by atoms with Crippen molar-refractivity contribution in [2.45, 2.75) is 44.9 Å². The van der Waals surface area contributed by atoms with Gasteiger partial charge in [-0.1, -0.05) is 12.1 Å². The normalized spacial score (nSPS) is 33.1. The second-order valence-corrected chi connectivity index (χ2v) is 8.78. The summed E-state index contributed by atoms with van der Waals surface area (Å²) in [7, 11) is 2.06. The summed E-state index contributed by atoms with van der Waals surface area (Å²) in [4.78, 5) is 17.7. The van der Waals surface area contributed by atoms with Crippen molar-refractivity contribution in [1.29, 1.82) is 0 Å². The van der Waals surface area contributed by atoms with E-state index in [-0.39, 0.29) is 5.41 Å². The lowest BCUT2D eigenvalue weighted by Crippen LogP contribution is -2.53. The molecule has 1 amide bonds. The predicted octanol–water partition coefficient (Wildman–Crippen LogP) is 3.45. The fraction of sp³-hybridized carbons (Fsp3) is 0.619. The van der Waals surface area contributed by atoms with E-state index < -0.39 is 0 Å². The third-order valence-corrected chi connectivity index (χ3v) is 7.03. The molecule has 132 valence electrons. The largest absolute Gasteiger partial charge is 0.355 e. The minimum absolute atomic E-state index is 0.0406. The van der Waals surface area contributed by atoms with E-state index in [9.17, 15) is 4.79 Å². The van der Waals surface area contributed by atoms with Crippen molar-refractivity contribution in [3.8, 4) is 0 Å². The first-order chi connectivity index (χ1) is 12.1. The Kier molecular flexibility index (Phi) is 3.44. The SMILES string of the molecule is Cn1c(CCNC(=O)C23CC4CC(CC(C4)C2)C3)nc2ccccc21. The van der Waals surface area contributed by atoms with Crippen molar-refractivity contribution in [2.75, 3.05) is 6.54 Å². The summed E-state index contributed by atoms with van der Waals surface area (Å²) >= 11 is 0. The average Bonchev–Trinajstić information content (AvgIpc) is 2.90. The highest BCUT2D eigenvalue weighted by Gasteiger charge is 2.54. The van der Waals surface area contributed by atoms with E-state index >= 15 is 0 Å². The van der Waals surface area contributed by atoms with E-state index in [2.05, 4.69) is 23.0 Å². The molecule has 4 heteroatoms. The number of hydrogen-bond acceptors (Lipinski definition) is 2. The molecule has 0 radical (unpaired) electrons. The van der Waals surface area contributed by atoms with Gasteiger partial charge in [0.2, 0.25) is 5.91 Å². The van der Waals surface area contributed by atoms with Gasteiger partial charge in [0, 0.05) is 25.4 Å². The Hall–Kier alpha value is -1.84. The summed E-state index contributed by atoms with van der Waals surface area (Å²) in [6, 6.07) is 8.21. The van der Waals surface area contributed by atoms with Crippen molar-refractivity contribution in [3.63, 3.8) is 0 Å². The highest BCUT2D eigenvalue weighted by molar-refractivity contribution is 5.83. The van der Waals surface area contributed by atoms with Crippen LogP contribution in [0.25, 0.3) is 11.0 Å². The van der Waals surface area contributed by atoms with E-state index in [0.717, 1.165) is 60.3 Å². The van der Waals surface area contributed by atoms with Crippen molar-refractivity contribution in [3.05, 3.63) is 30.1 Å². The Morgan fingerprint density at radius 3 is 2.44 bits per heavy atom. The van der Waals surface area contributed by atoms with E-state index in [1.165, 1.54) is 19.3 Å². The van der Waals surface area contributed by atoms with Crippen molar-refractivity contribution in [1.82, 2.24) is 14.9 Å². The number of amides is 1. The van der Waals surface area contributed by atoms with Crippen LogP contribution in [-0.2, 0) is 18.3 Å². The predicted molar refractivity (Wildman–Crippen MR) is 98.0 cm³/mol. The lowest BCUT2D eigenvalue weighted by Gasteiger charge is -2.55. The summed E-state index contributed by atoms with van der Waals surface area (Å²) in [5.74, 6) is 3.82. The lowest BCUT2D eigenvalue weighted by molar-refractivity contribution is -0.146. The monoisotopic (exact) mass is 337 g/mol. The third-order valence-electron chi connectivity index (χ3n) is 7.03. The summed E-state index contributed by atoms with van der Waals surface area (Å²) < 4.78 is 2.15. The van der Waals surface area contributed by atoms with Crippen LogP contribution in [-0.4, -0.2) is 22.0 Å². The van der Waals surface area contributed by atoms with Gasteiger partial charge in [0.05, 0.1) is 11.0 Å². The number of carbonyl (C=O) groups is 1.